The first-order valence-corrected chi connectivity index (χ1v) is 12.1. The van der Waals surface area contributed by atoms with E-state index in [0.717, 1.165) is 41.3 Å². The van der Waals surface area contributed by atoms with Crippen molar-refractivity contribution in [2.75, 3.05) is 5.32 Å². The zero-order valence-electron chi connectivity index (χ0n) is 16.2. The summed E-state index contributed by atoms with van der Waals surface area (Å²) < 4.78 is 33.6. The lowest BCUT2D eigenvalue weighted by Gasteiger charge is -2.22. The molecule has 5 nitrogen and oxygen atoms in total. The summed E-state index contributed by atoms with van der Waals surface area (Å²) in [6.45, 7) is 1.92. The Labute approximate surface area is 179 Å². The number of aryl methyl sites for hydroxylation is 1. The van der Waals surface area contributed by atoms with Gasteiger partial charge in [-0.1, -0.05) is 52.9 Å². The second-order valence-electron chi connectivity index (χ2n) is 7.46. The number of hydrogen-bond donors (Lipinski definition) is 1. The summed E-state index contributed by atoms with van der Waals surface area (Å²) in [5, 5.41) is 3.27. The van der Waals surface area contributed by atoms with Crippen LogP contribution in [0.3, 0.4) is 0 Å². The largest absolute Gasteiger partial charge is 0.419 e. The molecule has 0 spiro atoms. The van der Waals surface area contributed by atoms with Crippen LogP contribution in [0.4, 0.5) is 5.88 Å². The van der Waals surface area contributed by atoms with Crippen molar-refractivity contribution >= 4 is 31.7 Å². The minimum Gasteiger partial charge on any atom is -0.419 e. The molecule has 1 fully saturated rings. The number of rotatable bonds is 5. The van der Waals surface area contributed by atoms with Gasteiger partial charge in [-0.3, -0.25) is 0 Å². The zero-order valence-corrected chi connectivity index (χ0v) is 18.6. The number of sulfone groups is 1. The summed E-state index contributed by atoms with van der Waals surface area (Å²) in [5.74, 6) is 0.525. The SMILES string of the molecule is Cc1ccc(S(=O)(=O)c2nc(-c3ccc(Br)cc3)oc2NC2CCCCC2)cc1. The van der Waals surface area contributed by atoms with E-state index in [0.29, 0.717) is 5.89 Å². The molecule has 1 aliphatic carbocycles. The van der Waals surface area contributed by atoms with E-state index in [9.17, 15) is 8.42 Å². The Balaban J connectivity index is 1.77. The summed E-state index contributed by atoms with van der Waals surface area (Å²) in [6.07, 6.45) is 5.47. The first kappa shape index (κ1) is 20.2. The molecule has 4 rings (SSSR count). The number of anilines is 1. The van der Waals surface area contributed by atoms with Gasteiger partial charge in [0.05, 0.1) is 4.90 Å². The van der Waals surface area contributed by atoms with E-state index in [1.54, 1.807) is 24.3 Å². The van der Waals surface area contributed by atoms with Gasteiger partial charge in [0, 0.05) is 16.1 Å². The third-order valence-electron chi connectivity index (χ3n) is 5.21. The highest BCUT2D eigenvalue weighted by Crippen LogP contribution is 2.34. The molecule has 1 N–H and O–H groups in total. The molecule has 3 aromatic rings. The number of halogens is 1. The van der Waals surface area contributed by atoms with Gasteiger partial charge in [-0.2, -0.15) is 4.98 Å². The van der Waals surface area contributed by atoms with Gasteiger partial charge in [0.1, 0.15) is 0 Å². The highest BCUT2D eigenvalue weighted by Gasteiger charge is 2.30. The Morgan fingerprint density at radius 3 is 2.31 bits per heavy atom. The van der Waals surface area contributed by atoms with Crippen LogP contribution in [0, 0.1) is 6.92 Å². The van der Waals surface area contributed by atoms with Crippen LogP contribution in [-0.2, 0) is 9.84 Å². The minimum absolute atomic E-state index is 0.0511. The number of nitrogens with one attached hydrogen (secondary N) is 1. The van der Waals surface area contributed by atoms with E-state index in [-0.39, 0.29) is 21.8 Å². The van der Waals surface area contributed by atoms with E-state index in [1.165, 1.54) is 6.42 Å². The lowest BCUT2D eigenvalue weighted by Crippen LogP contribution is -2.23. The van der Waals surface area contributed by atoms with E-state index in [1.807, 2.05) is 31.2 Å². The van der Waals surface area contributed by atoms with Crippen molar-refractivity contribution in [3.8, 4) is 11.5 Å². The van der Waals surface area contributed by atoms with Gasteiger partial charge in [-0.15, -0.1) is 0 Å². The molecule has 0 unspecified atom stereocenters. The van der Waals surface area contributed by atoms with Crippen molar-refractivity contribution in [1.82, 2.24) is 4.98 Å². The fraction of sp³-hybridized carbons (Fsp3) is 0.318. The van der Waals surface area contributed by atoms with Gasteiger partial charge < -0.3 is 9.73 Å². The number of oxazole rings is 1. The van der Waals surface area contributed by atoms with E-state index < -0.39 is 9.84 Å². The molecule has 29 heavy (non-hydrogen) atoms. The summed E-state index contributed by atoms with van der Waals surface area (Å²) in [7, 11) is -3.81. The van der Waals surface area contributed by atoms with Crippen LogP contribution in [0.2, 0.25) is 0 Å². The van der Waals surface area contributed by atoms with Crippen molar-refractivity contribution in [2.45, 2.75) is 55.0 Å². The normalized spacial score (nSPS) is 15.4. The highest BCUT2D eigenvalue weighted by atomic mass is 79.9. The molecular formula is C22H23BrN2O3S. The van der Waals surface area contributed by atoms with Crippen molar-refractivity contribution in [1.29, 1.82) is 0 Å². The zero-order chi connectivity index (χ0) is 20.4. The molecule has 152 valence electrons. The van der Waals surface area contributed by atoms with E-state index in [4.69, 9.17) is 4.42 Å². The Morgan fingerprint density at radius 1 is 1.00 bits per heavy atom. The predicted octanol–water partition coefficient (Wildman–Crippen LogP) is 5.99. The second-order valence-corrected chi connectivity index (χ2v) is 10.2. The summed E-state index contributed by atoms with van der Waals surface area (Å²) in [4.78, 5) is 4.63. The highest BCUT2D eigenvalue weighted by molar-refractivity contribution is 9.10. The fourth-order valence-corrected chi connectivity index (χ4v) is 5.09. The molecule has 1 aromatic heterocycles. The van der Waals surface area contributed by atoms with Crippen LogP contribution in [0.5, 0.6) is 0 Å². The van der Waals surface area contributed by atoms with Gasteiger partial charge in [-0.25, -0.2) is 8.42 Å². The minimum atomic E-state index is -3.81. The molecule has 1 saturated carbocycles. The van der Waals surface area contributed by atoms with Crippen molar-refractivity contribution in [3.05, 3.63) is 58.6 Å². The van der Waals surface area contributed by atoms with E-state index >= 15 is 0 Å². The first-order chi connectivity index (χ1) is 13.9. The molecule has 2 aromatic carbocycles. The number of aromatic nitrogens is 1. The van der Waals surface area contributed by atoms with Crippen LogP contribution in [-0.4, -0.2) is 19.4 Å². The topological polar surface area (TPSA) is 72.2 Å². The van der Waals surface area contributed by atoms with Crippen LogP contribution >= 0.6 is 15.9 Å². The lowest BCUT2D eigenvalue weighted by molar-refractivity contribution is 0.450. The predicted molar refractivity (Wildman–Crippen MR) is 117 cm³/mol. The first-order valence-electron chi connectivity index (χ1n) is 9.78. The molecule has 0 aliphatic heterocycles. The molecule has 0 saturated heterocycles. The summed E-state index contributed by atoms with van der Waals surface area (Å²) in [6, 6.07) is 14.5. The smallest absolute Gasteiger partial charge is 0.234 e. The number of hydrogen-bond acceptors (Lipinski definition) is 5. The van der Waals surface area contributed by atoms with Gasteiger partial charge in [-0.05, 0) is 56.2 Å². The average molecular weight is 475 g/mol. The van der Waals surface area contributed by atoms with Crippen molar-refractivity contribution < 1.29 is 12.8 Å². The number of benzene rings is 2. The third-order valence-corrected chi connectivity index (χ3v) is 7.42. The van der Waals surface area contributed by atoms with E-state index in [2.05, 4.69) is 26.2 Å². The van der Waals surface area contributed by atoms with Gasteiger partial charge in [0.15, 0.2) is 0 Å². The standard InChI is InChI=1S/C22H23BrN2O3S/c1-15-7-13-19(14-8-15)29(26,27)22-21(24-18-5-3-2-4-6-18)28-20(25-22)16-9-11-17(23)12-10-16/h7-14,18,24H,2-6H2,1H3. The third kappa shape index (κ3) is 4.41. The Hall–Kier alpha value is -2.12. The molecule has 0 bridgehead atoms. The van der Waals surface area contributed by atoms with Gasteiger partial charge in [0.25, 0.3) is 0 Å². The Bertz CT molecular complexity index is 1080. The molecule has 0 amide bonds. The Kier molecular flexibility index (Phi) is 5.79. The van der Waals surface area contributed by atoms with Gasteiger partial charge >= 0.3 is 0 Å². The molecule has 0 radical (unpaired) electrons. The molecule has 7 heteroatoms. The van der Waals surface area contributed by atoms with Crippen LogP contribution in [0.1, 0.15) is 37.7 Å². The quantitative estimate of drug-likeness (QED) is 0.491. The summed E-state index contributed by atoms with van der Waals surface area (Å²) >= 11 is 3.41. The fourth-order valence-electron chi connectivity index (χ4n) is 3.56. The Morgan fingerprint density at radius 2 is 1.66 bits per heavy atom. The molecule has 1 aliphatic rings. The molecule has 0 atom stereocenters. The molecule has 1 heterocycles. The molecular weight excluding hydrogens is 452 g/mol. The number of nitrogens with zero attached hydrogens (tertiary/aromatic N) is 1. The van der Waals surface area contributed by atoms with Crippen molar-refractivity contribution in [2.24, 2.45) is 0 Å². The maximum atomic E-state index is 13.3. The van der Waals surface area contributed by atoms with Crippen LogP contribution < -0.4 is 5.32 Å². The average Bonchev–Trinajstić information content (AvgIpc) is 3.14. The lowest BCUT2D eigenvalue weighted by atomic mass is 9.96. The van der Waals surface area contributed by atoms with Crippen molar-refractivity contribution in [3.63, 3.8) is 0 Å². The van der Waals surface area contributed by atoms with Gasteiger partial charge in [0.2, 0.25) is 26.6 Å². The van der Waals surface area contributed by atoms with Crippen LogP contribution in [0.25, 0.3) is 11.5 Å². The maximum absolute atomic E-state index is 13.3. The maximum Gasteiger partial charge on any atom is 0.234 e. The van der Waals surface area contributed by atoms with Crippen LogP contribution in [0.15, 0.2) is 67.3 Å². The monoisotopic (exact) mass is 474 g/mol. The summed E-state index contributed by atoms with van der Waals surface area (Å²) in [5.41, 5.74) is 1.73. The second kappa shape index (κ2) is 8.32.